The van der Waals surface area contributed by atoms with Crippen molar-refractivity contribution in [1.29, 1.82) is 0 Å². The number of primary amides is 1. The van der Waals surface area contributed by atoms with Crippen LogP contribution in [0.15, 0.2) is 41.8 Å². The minimum absolute atomic E-state index is 0.138. The van der Waals surface area contributed by atoms with Crippen LogP contribution in [0.1, 0.15) is 49.2 Å². The van der Waals surface area contributed by atoms with Gasteiger partial charge in [0, 0.05) is 0 Å². The fourth-order valence-electron chi connectivity index (χ4n) is 2.14. The SMILES string of the molecule is CC=C(F)C=C(C)Cc1cc(F)c(C(N)=O)cc1C(C)=CC. The summed E-state index contributed by atoms with van der Waals surface area (Å²) in [5.41, 5.74) is 8.14. The number of halogens is 2. The van der Waals surface area contributed by atoms with Gasteiger partial charge in [-0.3, -0.25) is 4.79 Å². The number of rotatable bonds is 5. The Kier molecular flexibility index (Phi) is 6.23. The molecule has 1 aromatic rings. The molecule has 1 amide bonds. The highest BCUT2D eigenvalue weighted by atomic mass is 19.1. The van der Waals surface area contributed by atoms with Gasteiger partial charge in [0.15, 0.2) is 0 Å². The highest BCUT2D eigenvalue weighted by Crippen LogP contribution is 2.25. The summed E-state index contributed by atoms with van der Waals surface area (Å²) in [5, 5.41) is 0. The molecule has 0 radical (unpaired) electrons. The van der Waals surface area contributed by atoms with Crippen LogP contribution in [-0.4, -0.2) is 5.91 Å². The first-order valence-corrected chi connectivity index (χ1v) is 7.04. The summed E-state index contributed by atoms with van der Waals surface area (Å²) in [7, 11) is 0. The van der Waals surface area contributed by atoms with Crippen LogP contribution < -0.4 is 5.73 Å². The molecular formula is C18H21F2NO. The van der Waals surface area contributed by atoms with E-state index < -0.39 is 11.7 Å². The Labute approximate surface area is 130 Å². The Morgan fingerprint density at radius 3 is 2.32 bits per heavy atom. The van der Waals surface area contributed by atoms with Crippen molar-refractivity contribution in [3.05, 3.63) is 64.3 Å². The molecular weight excluding hydrogens is 284 g/mol. The summed E-state index contributed by atoms with van der Waals surface area (Å²) in [6.07, 6.45) is 5.03. The predicted octanol–water partition coefficient (Wildman–Crippen LogP) is 4.71. The molecule has 1 aromatic carbocycles. The molecule has 0 fully saturated rings. The van der Waals surface area contributed by atoms with Gasteiger partial charge in [-0.25, -0.2) is 8.78 Å². The van der Waals surface area contributed by atoms with Gasteiger partial charge in [-0.15, -0.1) is 0 Å². The van der Waals surface area contributed by atoms with Gasteiger partial charge in [0.2, 0.25) is 0 Å². The monoisotopic (exact) mass is 305 g/mol. The minimum atomic E-state index is -0.804. The minimum Gasteiger partial charge on any atom is -0.366 e. The number of nitrogens with two attached hydrogens (primary N) is 1. The molecule has 2 N–H and O–H groups in total. The van der Waals surface area contributed by atoms with Crippen molar-refractivity contribution in [2.45, 2.75) is 34.1 Å². The lowest BCUT2D eigenvalue weighted by molar-refractivity contribution is 0.0996. The zero-order valence-corrected chi connectivity index (χ0v) is 13.3. The maximum atomic E-state index is 14.0. The maximum absolute atomic E-state index is 14.0. The van der Waals surface area contributed by atoms with Gasteiger partial charge < -0.3 is 5.73 Å². The van der Waals surface area contributed by atoms with Gasteiger partial charge in [0.1, 0.15) is 11.6 Å². The third-order valence-corrected chi connectivity index (χ3v) is 3.45. The van der Waals surface area contributed by atoms with Gasteiger partial charge in [-0.1, -0.05) is 17.7 Å². The van der Waals surface area contributed by atoms with Crippen LogP contribution in [0.4, 0.5) is 8.78 Å². The van der Waals surface area contributed by atoms with Crippen molar-refractivity contribution in [2.24, 2.45) is 5.73 Å². The van der Waals surface area contributed by atoms with E-state index in [9.17, 15) is 13.6 Å². The largest absolute Gasteiger partial charge is 0.366 e. The smallest absolute Gasteiger partial charge is 0.251 e. The maximum Gasteiger partial charge on any atom is 0.251 e. The lowest BCUT2D eigenvalue weighted by Crippen LogP contribution is -2.14. The van der Waals surface area contributed by atoms with E-state index in [1.807, 2.05) is 19.9 Å². The zero-order valence-electron chi connectivity index (χ0n) is 13.3. The molecule has 1 rings (SSSR count). The molecule has 0 bridgehead atoms. The fraction of sp³-hybridized carbons (Fsp3) is 0.278. The van der Waals surface area contributed by atoms with E-state index in [1.54, 1.807) is 13.8 Å². The topological polar surface area (TPSA) is 43.1 Å². The normalized spacial score (nSPS) is 13.5. The Morgan fingerprint density at radius 2 is 1.82 bits per heavy atom. The average molecular weight is 305 g/mol. The molecule has 0 aliphatic heterocycles. The van der Waals surface area contributed by atoms with Crippen LogP contribution in [0.2, 0.25) is 0 Å². The number of carbonyl (C=O) groups is 1. The molecule has 0 spiro atoms. The van der Waals surface area contributed by atoms with Gasteiger partial charge in [0.05, 0.1) is 5.56 Å². The van der Waals surface area contributed by atoms with Gasteiger partial charge in [-0.05, 0) is 69.0 Å². The van der Waals surface area contributed by atoms with E-state index in [0.29, 0.717) is 12.0 Å². The quantitative estimate of drug-likeness (QED) is 0.787. The standard InChI is InChI=1S/C18H21F2NO/c1-5-12(4)15-10-16(18(21)22)17(20)9-13(15)7-11(3)8-14(19)6-2/h5-6,8-10H,7H2,1-4H3,(H2,21,22). The molecule has 2 nitrogen and oxygen atoms in total. The molecule has 0 heterocycles. The Morgan fingerprint density at radius 1 is 1.18 bits per heavy atom. The molecule has 118 valence electrons. The number of carbonyl (C=O) groups excluding carboxylic acids is 1. The number of amides is 1. The average Bonchev–Trinajstić information content (AvgIpc) is 2.45. The molecule has 0 saturated carbocycles. The van der Waals surface area contributed by atoms with E-state index in [-0.39, 0.29) is 11.4 Å². The molecule has 22 heavy (non-hydrogen) atoms. The van der Waals surface area contributed by atoms with E-state index in [0.717, 1.165) is 16.7 Å². The third kappa shape index (κ3) is 4.38. The highest BCUT2D eigenvalue weighted by Gasteiger charge is 2.15. The molecule has 0 unspecified atom stereocenters. The van der Waals surface area contributed by atoms with Crippen LogP contribution >= 0.6 is 0 Å². The predicted molar refractivity (Wildman–Crippen MR) is 86.6 cm³/mol. The molecule has 4 heteroatoms. The first-order valence-electron chi connectivity index (χ1n) is 7.04. The lowest BCUT2D eigenvalue weighted by Gasteiger charge is -2.13. The van der Waals surface area contributed by atoms with E-state index in [1.165, 1.54) is 24.3 Å². The van der Waals surface area contributed by atoms with Gasteiger partial charge >= 0.3 is 0 Å². The highest BCUT2D eigenvalue weighted by molar-refractivity contribution is 5.94. The van der Waals surface area contributed by atoms with Crippen molar-refractivity contribution in [3.63, 3.8) is 0 Å². The molecule has 0 aliphatic carbocycles. The van der Waals surface area contributed by atoms with Crippen molar-refractivity contribution in [2.75, 3.05) is 0 Å². The third-order valence-electron chi connectivity index (χ3n) is 3.45. The van der Waals surface area contributed by atoms with Crippen LogP contribution in [-0.2, 0) is 6.42 Å². The summed E-state index contributed by atoms with van der Waals surface area (Å²) in [5.74, 6) is -1.80. The van der Waals surface area contributed by atoms with Crippen LogP contribution in [0, 0.1) is 5.82 Å². The molecule has 0 saturated heterocycles. The summed E-state index contributed by atoms with van der Waals surface area (Å²) in [4.78, 5) is 11.3. The van der Waals surface area contributed by atoms with E-state index in [4.69, 9.17) is 5.73 Å². The fourth-order valence-corrected chi connectivity index (χ4v) is 2.14. The zero-order chi connectivity index (χ0) is 16.9. The van der Waals surface area contributed by atoms with Crippen molar-refractivity contribution < 1.29 is 13.6 Å². The summed E-state index contributed by atoms with van der Waals surface area (Å²) in [6.45, 7) is 7.11. The second-order valence-corrected chi connectivity index (χ2v) is 5.17. The second-order valence-electron chi connectivity index (χ2n) is 5.17. The number of hydrogen-bond acceptors (Lipinski definition) is 1. The number of benzene rings is 1. The number of allylic oxidation sites excluding steroid dienone is 6. The first kappa shape index (κ1) is 17.8. The number of hydrogen-bond donors (Lipinski definition) is 1. The van der Waals surface area contributed by atoms with Gasteiger partial charge in [0.25, 0.3) is 5.91 Å². The van der Waals surface area contributed by atoms with E-state index >= 15 is 0 Å². The second kappa shape index (κ2) is 7.69. The van der Waals surface area contributed by atoms with Crippen LogP contribution in [0.5, 0.6) is 0 Å². The Balaban J connectivity index is 3.38. The van der Waals surface area contributed by atoms with Crippen molar-refractivity contribution >= 4 is 11.5 Å². The molecule has 0 aliphatic rings. The summed E-state index contributed by atoms with van der Waals surface area (Å²) < 4.78 is 27.3. The van der Waals surface area contributed by atoms with Crippen molar-refractivity contribution in [3.8, 4) is 0 Å². The van der Waals surface area contributed by atoms with E-state index in [2.05, 4.69) is 0 Å². The van der Waals surface area contributed by atoms with Crippen LogP contribution in [0.25, 0.3) is 5.57 Å². The first-order chi connectivity index (χ1) is 10.3. The molecule has 0 aromatic heterocycles. The molecule has 0 atom stereocenters. The van der Waals surface area contributed by atoms with Crippen LogP contribution in [0.3, 0.4) is 0 Å². The Hall–Kier alpha value is -2.23. The summed E-state index contributed by atoms with van der Waals surface area (Å²) in [6, 6.07) is 2.76. The summed E-state index contributed by atoms with van der Waals surface area (Å²) >= 11 is 0. The van der Waals surface area contributed by atoms with Crippen molar-refractivity contribution in [1.82, 2.24) is 0 Å². The van der Waals surface area contributed by atoms with Gasteiger partial charge in [-0.2, -0.15) is 0 Å². The lowest BCUT2D eigenvalue weighted by atomic mass is 9.93. The Bertz CT molecular complexity index is 670.